The van der Waals surface area contributed by atoms with E-state index in [1.807, 2.05) is 19.1 Å². The molecule has 0 aliphatic carbocycles. The van der Waals surface area contributed by atoms with Crippen molar-refractivity contribution in [2.24, 2.45) is 0 Å². The molecule has 7 heteroatoms. The Hall–Kier alpha value is -2.18. The van der Waals surface area contributed by atoms with Gasteiger partial charge in [0.2, 0.25) is 0 Å². The van der Waals surface area contributed by atoms with Crippen LogP contribution in [0.1, 0.15) is 6.92 Å². The molecule has 1 aromatic heterocycles. The normalized spacial score (nSPS) is 11.2. The minimum atomic E-state index is -1.01. The zero-order chi connectivity index (χ0) is 18.1. The number of aromatic nitrogens is 1. The molecule has 0 aliphatic rings. The van der Waals surface area contributed by atoms with E-state index in [1.54, 1.807) is 34.5 Å². The van der Waals surface area contributed by atoms with Crippen LogP contribution in [0.3, 0.4) is 0 Å². The lowest BCUT2D eigenvalue weighted by Gasteiger charge is -2.17. The summed E-state index contributed by atoms with van der Waals surface area (Å²) in [5.74, 6) is 0.159. The third kappa shape index (κ3) is 3.07. The SMILES string of the molecule is CCSc1ccc2c(=O)c3ccc(Cl)c(OC)c3n(CC(=O)O)c2c1. The van der Waals surface area contributed by atoms with Crippen molar-refractivity contribution in [3.63, 3.8) is 0 Å². The molecule has 0 spiro atoms. The summed E-state index contributed by atoms with van der Waals surface area (Å²) < 4.78 is 6.95. The van der Waals surface area contributed by atoms with Crippen molar-refractivity contribution >= 4 is 51.1 Å². The Kier molecular flexibility index (Phi) is 4.92. The van der Waals surface area contributed by atoms with Crippen molar-refractivity contribution < 1.29 is 14.6 Å². The van der Waals surface area contributed by atoms with Gasteiger partial charge in [-0.3, -0.25) is 9.59 Å². The quantitative estimate of drug-likeness (QED) is 0.537. The maximum absolute atomic E-state index is 12.9. The van der Waals surface area contributed by atoms with Crippen molar-refractivity contribution in [1.82, 2.24) is 4.57 Å². The summed E-state index contributed by atoms with van der Waals surface area (Å²) in [5.41, 5.74) is 0.780. The van der Waals surface area contributed by atoms with Crippen molar-refractivity contribution in [3.05, 3.63) is 45.6 Å². The van der Waals surface area contributed by atoms with Crippen LogP contribution < -0.4 is 10.2 Å². The van der Waals surface area contributed by atoms with Gasteiger partial charge in [0.25, 0.3) is 0 Å². The van der Waals surface area contributed by atoms with E-state index in [1.165, 1.54) is 7.11 Å². The number of hydrogen-bond acceptors (Lipinski definition) is 4. The van der Waals surface area contributed by atoms with Crippen LogP contribution in [0.25, 0.3) is 21.8 Å². The van der Waals surface area contributed by atoms with Crippen molar-refractivity contribution in [2.75, 3.05) is 12.9 Å². The van der Waals surface area contributed by atoms with E-state index in [9.17, 15) is 14.7 Å². The van der Waals surface area contributed by atoms with E-state index in [4.69, 9.17) is 16.3 Å². The Labute approximate surface area is 153 Å². The highest BCUT2D eigenvalue weighted by Crippen LogP contribution is 2.34. The molecule has 0 saturated heterocycles. The smallest absolute Gasteiger partial charge is 0.323 e. The zero-order valence-electron chi connectivity index (χ0n) is 13.7. The molecule has 2 aromatic carbocycles. The molecule has 5 nitrogen and oxygen atoms in total. The first kappa shape index (κ1) is 17.6. The molecule has 25 heavy (non-hydrogen) atoms. The van der Waals surface area contributed by atoms with E-state index in [-0.39, 0.29) is 12.0 Å². The van der Waals surface area contributed by atoms with E-state index in [0.717, 1.165) is 10.6 Å². The lowest BCUT2D eigenvalue weighted by molar-refractivity contribution is -0.137. The van der Waals surface area contributed by atoms with Crippen LogP contribution in [0.4, 0.5) is 0 Å². The van der Waals surface area contributed by atoms with E-state index < -0.39 is 5.97 Å². The predicted molar refractivity (Wildman–Crippen MR) is 101 cm³/mol. The van der Waals surface area contributed by atoms with E-state index >= 15 is 0 Å². The van der Waals surface area contributed by atoms with Crippen molar-refractivity contribution in [3.8, 4) is 5.75 Å². The number of carboxylic acids is 1. The summed E-state index contributed by atoms with van der Waals surface area (Å²) >= 11 is 7.83. The number of thioether (sulfide) groups is 1. The molecule has 0 fully saturated rings. The number of carboxylic acid groups (broad SMARTS) is 1. The second-order valence-electron chi connectivity index (χ2n) is 5.40. The van der Waals surface area contributed by atoms with Crippen LogP contribution in [0.5, 0.6) is 5.75 Å². The van der Waals surface area contributed by atoms with Gasteiger partial charge < -0.3 is 14.4 Å². The molecule has 0 atom stereocenters. The first-order valence-electron chi connectivity index (χ1n) is 7.65. The minimum Gasteiger partial charge on any atom is -0.493 e. The number of ether oxygens (including phenoxy) is 1. The molecule has 0 aliphatic heterocycles. The van der Waals surface area contributed by atoms with Crippen molar-refractivity contribution in [2.45, 2.75) is 18.4 Å². The van der Waals surface area contributed by atoms with Gasteiger partial charge in [-0.15, -0.1) is 11.8 Å². The fourth-order valence-electron chi connectivity index (χ4n) is 2.94. The Balaban J connectivity index is 2.54. The molecule has 1 N–H and O–H groups in total. The average molecular weight is 378 g/mol. The Morgan fingerprint density at radius 1 is 1.28 bits per heavy atom. The standard InChI is InChI=1S/C18H16ClNO4S/c1-3-25-10-4-5-11-14(8-10)20(9-15(21)22)16-12(17(11)23)6-7-13(19)18(16)24-2/h4-8H,3,9H2,1-2H3,(H,21,22). The number of fused-ring (bicyclic) bond motifs is 2. The predicted octanol–water partition coefficient (Wildman–Crippen LogP) is 4.01. The van der Waals surface area contributed by atoms with Gasteiger partial charge in [0, 0.05) is 10.3 Å². The lowest BCUT2D eigenvalue weighted by atomic mass is 10.1. The molecular formula is C18H16ClNO4S. The molecular weight excluding hydrogens is 362 g/mol. The molecule has 0 bridgehead atoms. The maximum Gasteiger partial charge on any atom is 0.323 e. The van der Waals surface area contributed by atoms with Gasteiger partial charge in [0.1, 0.15) is 6.54 Å². The minimum absolute atomic E-state index is 0.172. The molecule has 0 amide bonds. The summed E-state index contributed by atoms with van der Waals surface area (Å²) in [7, 11) is 1.45. The van der Waals surface area contributed by atoms with E-state index in [0.29, 0.717) is 32.6 Å². The topological polar surface area (TPSA) is 68.5 Å². The average Bonchev–Trinajstić information content (AvgIpc) is 2.58. The fraction of sp³-hybridized carbons (Fsp3) is 0.222. The zero-order valence-corrected chi connectivity index (χ0v) is 15.3. The first-order chi connectivity index (χ1) is 12.0. The molecule has 3 rings (SSSR count). The van der Waals surface area contributed by atoms with Gasteiger partial charge >= 0.3 is 5.97 Å². The summed E-state index contributed by atoms with van der Waals surface area (Å²) in [5, 5.41) is 10.6. The molecule has 3 aromatic rings. The number of pyridine rings is 1. The third-order valence-corrected chi connectivity index (χ3v) is 5.08. The van der Waals surface area contributed by atoms with Gasteiger partial charge in [-0.2, -0.15) is 0 Å². The highest BCUT2D eigenvalue weighted by molar-refractivity contribution is 7.99. The highest BCUT2D eigenvalue weighted by Gasteiger charge is 2.18. The fourth-order valence-corrected chi connectivity index (χ4v) is 3.86. The van der Waals surface area contributed by atoms with Gasteiger partial charge in [-0.05, 0) is 36.1 Å². The first-order valence-corrected chi connectivity index (χ1v) is 9.01. The Bertz CT molecular complexity index is 1040. The molecule has 0 radical (unpaired) electrons. The number of halogens is 1. The van der Waals surface area contributed by atoms with Gasteiger partial charge in [0.05, 0.1) is 28.6 Å². The second-order valence-corrected chi connectivity index (χ2v) is 7.14. The Morgan fingerprint density at radius 2 is 2.00 bits per heavy atom. The monoisotopic (exact) mass is 377 g/mol. The van der Waals surface area contributed by atoms with Crippen LogP contribution in [-0.4, -0.2) is 28.5 Å². The van der Waals surface area contributed by atoms with Gasteiger partial charge in [0.15, 0.2) is 11.2 Å². The van der Waals surface area contributed by atoms with Crippen LogP contribution in [-0.2, 0) is 11.3 Å². The van der Waals surface area contributed by atoms with E-state index in [2.05, 4.69) is 0 Å². The van der Waals surface area contributed by atoms with Crippen LogP contribution in [0.2, 0.25) is 5.02 Å². The Morgan fingerprint density at radius 3 is 2.64 bits per heavy atom. The number of nitrogens with zero attached hydrogens (tertiary/aromatic N) is 1. The van der Waals surface area contributed by atoms with Crippen LogP contribution in [0, 0.1) is 0 Å². The van der Waals surface area contributed by atoms with Crippen LogP contribution in [0.15, 0.2) is 40.0 Å². The summed E-state index contributed by atoms with van der Waals surface area (Å²) in [6.07, 6.45) is 0. The number of hydrogen-bond donors (Lipinski definition) is 1. The molecule has 1 heterocycles. The highest BCUT2D eigenvalue weighted by atomic mass is 35.5. The lowest BCUT2D eigenvalue weighted by Crippen LogP contribution is -2.16. The summed E-state index contributed by atoms with van der Waals surface area (Å²) in [6, 6.07) is 8.65. The van der Waals surface area contributed by atoms with Crippen molar-refractivity contribution in [1.29, 1.82) is 0 Å². The van der Waals surface area contributed by atoms with Gasteiger partial charge in [-0.25, -0.2) is 0 Å². The molecule has 0 unspecified atom stereocenters. The van der Waals surface area contributed by atoms with Crippen LogP contribution >= 0.6 is 23.4 Å². The summed E-state index contributed by atoms with van der Waals surface area (Å²) in [4.78, 5) is 25.3. The number of rotatable bonds is 5. The molecule has 0 saturated carbocycles. The number of aliphatic carboxylic acids is 1. The number of carbonyl (C=O) groups is 1. The maximum atomic E-state index is 12.9. The largest absolute Gasteiger partial charge is 0.493 e. The summed E-state index contributed by atoms with van der Waals surface area (Å²) in [6.45, 7) is 1.73. The number of methoxy groups -OCH3 is 1. The second kappa shape index (κ2) is 6.98. The third-order valence-electron chi connectivity index (χ3n) is 3.91. The van der Waals surface area contributed by atoms with Gasteiger partial charge in [-0.1, -0.05) is 18.5 Å². The molecule has 130 valence electrons. The number of benzene rings is 2.